The van der Waals surface area contributed by atoms with E-state index in [4.69, 9.17) is 9.79 Å². The van der Waals surface area contributed by atoms with Gasteiger partial charge in [-0.05, 0) is 24.3 Å². The van der Waals surface area contributed by atoms with Crippen LogP contribution in [0.1, 0.15) is 6.92 Å². The summed E-state index contributed by atoms with van der Waals surface area (Å²) in [6, 6.07) is 5.62. The average molecular weight is 276 g/mol. The van der Waals surface area contributed by atoms with Crippen LogP contribution in [0.2, 0.25) is 0 Å². The first-order valence-electron chi connectivity index (χ1n) is 4.63. The number of amides is 1. The molecule has 1 rings (SSSR count). The molecule has 1 aromatic rings. The fraction of sp³-hybridized carbons (Fsp3) is 0.111. The molecule has 4 N–H and O–H groups in total. The van der Waals surface area contributed by atoms with Gasteiger partial charge < -0.3 is 14.9 Å². The largest absolute Gasteiger partial charge is 0.694 e. The zero-order chi connectivity index (χ0) is 13.8. The molecule has 0 bridgehead atoms. The Hall–Kier alpha value is -1.89. The van der Waals surface area contributed by atoms with Crippen LogP contribution in [0.4, 0.5) is 10.5 Å². The van der Waals surface area contributed by atoms with Crippen LogP contribution in [0.3, 0.4) is 0 Å². The summed E-state index contributed by atoms with van der Waals surface area (Å²) in [6.45, 7) is 1.34. The van der Waals surface area contributed by atoms with Gasteiger partial charge >= 0.3 is 14.0 Å². The van der Waals surface area contributed by atoms with E-state index in [1.807, 2.05) is 0 Å². The maximum atomic E-state index is 10.9. The first kappa shape index (κ1) is 14.2. The number of anilines is 1. The lowest BCUT2D eigenvalue weighted by atomic mass is 10.3. The smallest absolute Gasteiger partial charge is 0.395 e. The quantitative estimate of drug-likeness (QED) is 0.367. The van der Waals surface area contributed by atoms with Crippen LogP contribution in [0.25, 0.3) is 0 Å². The highest BCUT2D eigenvalue weighted by Crippen LogP contribution is 2.36. The molecule has 0 spiro atoms. The van der Waals surface area contributed by atoms with E-state index in [1.165, 1.54) is 31.2 Å². The Balaban J connectivity index is 2.61. The van der Waals surface area contributed by atoms with E-state index in [-0.39, 0.29) is 11.7 Å². The van der Waals surface area contributed by atoms with E-state index in [1.54, 1.807) is 0 Å². The fourth-order valence-electron chi connectivity index (χ4n) is 1.03. The number of hydrogen-bond donors (Lipinski definition) is 2. The normalized spacial score (nSPS) is 13.3. The number of benzene rings is 1. The van der Waals surface area contributed by atoms with Gasteiger partial charge in [-0.3, -0.25) is 14.2 Å². The summed E-state index contributed by atoms with van der Waals surface area (Å²) in [5.41, 5.74) is 0.497. The summed E-state index contributed by atoms with van der Waals surface area (Å²) in [4.78, 5) is 36.6. The standard InChI is InChI=1S/C9H10NO7P/c1-6(11)10-7-2-4-8(5-3-7)16-9(12)17-18(13,14)15/h2-5H,1H3,(H,10,11)(H2,13,14,15)/p+1. The molecule has 0 aliphatic rings. The van der Waals surface area contributed by atoms with Crippen LogP contribution in [0, 0.1) is 0 Å². The number of rotatable bonds is 3. The zero-order valence-corrected chi connectivity index (χ0v) is 10.1. The van der Waals surface area contributed by atoms with Gasteiger partial charge in [-0.15, -0.1) is 0 Å². The molecule has 0 radical (unpaired) electrons. The fourth-order valence-corrected chi connectivity index (χ4v) is 1.26. The Morgan fingerprint density at radius 1 is 1.33 bits per heavy atom. The number of carbonyl (C=O) groups excluding carboxylic acids is 2. The lowest BCUT2D eigenvalue weighted by Crippen LogP contribution is -2.09. The van der Waals surface area contributed by atoms with E-state index in [0.717, 1.165) is 0 Å². The van der Waals surface area contributed by atoms with E-state index in [2.05, 4.69) is 14.6 Å². The minimum absolute atomic E-state index is 0.0440. The molecule has 1 aromatic carbocycles. The van der Waals surface area contributed by atoms with Gasteiger partial charge in [0.15, 0.2) is 0 Å². The Morgan fingerprint density at radius 2 is 1.89 bits per heavy atom. The van der Waals surface area contributed by atoms with Crippen molar-refractivity contribution in [3.8, 4) is 5.75 Å². The summed E-state index contributed by atoms with van der Waals surface area (Å²) < 4.78 is 18.7. The van der Waals surface area contributed by atoms with Crippen LogP contribution in [-0.2, 0) is 13.9 Å². The molecule has 1 amide bonds. The molecule has 18 heavy (non-hydrogen) atoms. The Kier molecular flexibility index (Phi) is 4.43. The summed E-state index contributed by atoms with van der Waals surface area (Å²) in [5, 5.41) is 2.50. The highest BCUT2D eigenvalue weighted by molar-refractivity contribution is 7.46. The van der Waals surface area contributed by atoms with E-state index < -0.39 is 14.0 Å². The third kappa shape index (κ3) is 5.44. The lowest BCUT2D eigenvalue weighted by molar-refractivity contribution is -0.114. The molecular formula is C9H11NO7P+. The first-order valence-corrected chi connectivity index (χ1v) is 6.21. The molecule has 0 saturated carbocycles. The molecule has 98 valence electrons. The molecule has 0 aliphatic heterocycles. The van der Waals surface area contributed by atoms with Crippen LogP contribution in [0.15, 0.2) is 24.3 Å². The molecule has 1 unspecified atom stereocenters. The van der Waals surface area contributed by atoms with Crippen molar-refractivity contribution in [3.05, 3.63) is 24.3 Å². The van der Waals surface area contributed by atoms with Crippen molar-refractivity contribution in [3.63, 3.8) is 0 Å². The highest BCUT2D eigenvalue weighted by atomic mass is 31.2. The second kappa shape index (κ2) is 5.63. The lowest BCUT2D eigenvalue weighted by Gasteiger charge is -2.05. The van der Waals surface area contributed by atoms with Gasteiger partial charge in [0, 0.05) is 12.6 Å². The van der Waals surface area contributed by atoms with Crippen LogP contribution < -0.4 is 10.1 Å². The number of ether oxygens (including phenoxy) is 1. The third-order valence-corrected chi connectivity index (χ3v) is 1.97. The Labute approximate surface area is 102 Å². The highest BCUT2D eigenvalue weighted by Gasteiger charge is 2.29. The monoisotopic (exact) mass is 276 g/mol. The summed E-state index contributed by atoms with van der Waals surface area (Å²) in [5.74, 6) is -0.207. The first-order chi connectivity index (χ1) is 8.26. The van der Waals surface area contributed by atoms with Gasteiger partial charge in [-0.25, -0.2) is 4.79 Å². The summed E-state index contributed by atoms with van der Waals surface area (Å²) >= 11 is 0. The third-order valence-electron chi connectivity index (χ3n) is 1.57. The van der Waals surface area contributed by atoms with Crippen molar-refractivity contribution >= 4 is 25.6 Å². The molecule has 0 fully saturated rings. The number of carbonyl (C=O) groups is 2. The minimum atomic E-state index is -4.67. The predicted molar refractivity (Wildman–Crippen MR) is 61.3 cm³/mol. The second-order valence-electron chi connectivity index (χ2n) is 3.17. The maximum Gasteiger partial charge on any atom is 0.694 e. The average Bonchev–Trinajstić information content (AvgIpc) is 2.17. The van der Waals surface area contributed by atoms with Crippen molar-refractivity contribution in [2.45, 2.75) is 6.92 Å². The SMILES string of the molecule is CC(=O)Nc1ccc(OC(=O)OP(=O)(O)[OH2+])cc1. The Morgan fingerprint density at radius 3 is 2.33 bits per heavy atom. The molecule has 8 nitrogen and oxygen atoms in total. The van der Waals surface area contributed by atoms with E-state index >= 15 is 0 Å². The van der Waals surface area contributed by atoms with Gasteiger partial charge in [0.25, 0.3) is 0 Å². The minimum Gasteiger partial charge on any atom is -0.395 e. The molecule has 0 heterocycles. The molecule has 1 atom stereocenters. The topological polar surface area (TPSA) is 125 Å². The predicted octanol–water partition coefficient (Wildman–Crippen LogP) is 0.985. The Bertz CT molecular complexity index is 492. The summed E-state index contributed by atoms with van der Waals surface area (Å²) in [7, 11) is -4.67. The van der Waals surface area contributed by atoms with Crippen molar-refractivity contribution in [2.75, 3.05) is 5.32 Å². The number of nitrogens with one attached hydrogen (secondary N) is 1. The molecule has 9 heteroatoms. The van der Waals surface area contributed by atoms with Crippen molar-refractivity contribution in [2.24, 2.45) is 0 Å². The molecule has 0 aliphatic carbocycles. The maximum absolute atomic E-state index is 10.9. The van der Waals surface area contributed by atoms with Crippen molar-refractivity contribution in [1.82, 2.24) is 0 Å². The van der Waals surface area contributed by atoms with Gasteiger partial charge in [0.05, 0.1) is 0 Å². The van der Waals surface area contributed by atoms with Gasteiger partial charge in [-0.2, -0.15) is 4.57 Å². The number of hydrogen-bond acceptors (Lipinski definition) is 5. The van der Waals surface area contributed by atoms with E-state index in [0.29, 0.717) is 5.69 Å². The molecular weight excluding hydrogens is 265 g/mol. The second-order valence-corrected chi connectivity index (χ2v) is 4.39. The molecule has 0 saturated heterocycles. The van der Waals surface area contributed by atoms with Crippen LogP contribution >= 0.6 is 7.82 Å². The van der Waals surface area contributed by atoms with Gasteiger partial charge in [0.1, 0.15) is 5.75 Å². The van der Waals surface area contributed by atoms with Crippen LogP contribution in [0.5, 0.6) is 5.75 Å². The van der Waals surface area contributed by atoms with Crippen LogP contribution in [-0.4, -0.2) is 21.8 Å². The molecule has 0 aromatic heterocycles. The van der Waals surface area contributed by atoms with Crippen molar-refractivity contribution in [1.29, 1.82) is 0 Å². The van der Waals surface area contributed by atoms with Gasteiger partial charge in [0.2, 0.25) is 5.91 Å². The zero-order valence-electron chi connectivity index (χ0n) is 9.25. The summed E-state index contributed by atoms with van der Waals surface area (Å²) in [6.07, 6.45) is -1.46. The van der Waals surface area contributed by atoms with E-state index in [9.17, 15) is 14.2 Å². The van der Waals surface area contributed by atoms with Crippen molar-refractivity contribution < 1.29 is 33.2 Å². The van der Waals surface area contributed by atoms with Gasteiger partial charge in [-0.1, -0.05) is 0 Å².